The molecule has 0 saturated carbocycles. The Balaban J connectivity index is 1.54. The van der Waals surface area contributed by atoms with Gasteiger partial charge >= 0.3 is 0 Å². The van der Waals surface area contributed by atoms with Crippen molar-refractivity contribution in [2.24, 2.45) is 0 Å². The van der Waals surface area contributed by atoms with Crippen LogP contribution in [0.25, 0.3) is 5.69 Å². The first-order chi connectivity index (χ1) is 18.4. The zero-order chi connectivity index (χ0) is 26.8. The van der Waals surface area contributed by atoms with Crippen LogP contribution < -0.4 is 14.4 Å². The minimum Gasteiger partial charge on any atom is -0.454 e. The van der Waals surface area contributed by atoms with E-state index in [9.17, 15) is 9.18 Å². The van der Waals surface area contributed by atoms with E-state index in [4.69, 9.17) is 14.6 Å². The van der Waals surface area contributed by atoms with Crippen molar-refractivity contribution in [3.05, 3.63) is 65.1 Å². The lowest BCUT2D eigenvalue weighted by Gasteiger charge is -2.37. The Labute approximate surface area is 223 Å². The van der Waals surface area contributed by atoms with E-state index in [2.05, 4.69) is 30.6 Å². The predicted molar refractivity (Wildman–Crippen MR) is 145 cm³/mol. The first kappa shape index (κ1) is 26.0. The molecule has 5 rings (SSSR count). The number of aromatic nitrogens is 2. The van der Waals surface area contributed by atoms with E-state index in [-0.39, 0.29) is 24.6 Å². The molecule has 0 bridgehead atoms. The van der Waals surface area contributed by atoms with Crippen LogP contribution in [0.1, 0.15) is 48.8 Å². The Morgan fingerprint density at radius 2 is 1.84 bits per heavy atom. The molecule has 0 unspecified atom stereocenters. The lowest BCUT2D eigenvalue weighted by atomic mass is 10.1. The highest BCUT2D eigenvalue weighted by molar-refractivity contribution is 5.95. The number of amides is 1. The number of rotatable bonds is 8. The molecule has 2 aliphatic heterocycles. The van der Waals surface area contributed by atoms with Crippen LogP contribution in [0.5, 0.6) is 11.5 Å². The molecule has 1 amide bonds. The number of fused-ring (bicyclic) bond motifs is 1. The maximum atomic E-state index is 14.2. The zero-order valence-corrected chi connectivity index (χ0v) is 22.6. The number of hydrogen-bond donors (Lipinski definition) is 0. The van der Waals surface area contributed by atoms with Crippen molar-refractivity contribution in [1.29, 1.82) is 0 Å². The summed E-state index contributed by atoms with van der Waals surface area (Å²) in [5.74, 6) is 1.79. The predicted octanol–water partition coefficient (Wildman–Crippen LogP) is 4.63. The molecule has 1 atom stereocenters. The van der Waals surface area contributed by atoms with Gasteiger partial charge in [-0.25, -0.2) is 9.07 Å². The third-order valence-corrected chi connectivity index (χ3v) is 7.66. The molecule has 1 saturated heterocycles. The van der Waals surface area contributed by atoms with Gasteiger partial charge in [0.25, 0.3) is 5.91 Å². The standard InChI is InChI=1S/C29H36FN5O3/c1-5-20(3)34(29(36)22-10-11-26-27(16-22)38-19-37-26)18-25-21(4)31-35(24-9-7-8-23(30)17-24)28(25)33-14-12-32(6-2)13-15-33/h7-11,16-17,20H,5-6,12-15,18-19H2,1-4H3/t20-/m0/s1. The van der Waals surface area contributed by atoms with E-state index in [1.165, 1.54) is 12.1 Å². The molecule has 0 radical (unpaired) electrons. The SMILES string of the molecule is CC[C@H](C)N(Cc1c(C)nn(-c2cccc(F)c2)c1N1CCN(CC)CC1)C(=O)c1ccc2c(c1)OCO2. The third kappa shape index (κ3) is 5.07. The van der Waals surface area contributed by atoms with Crippen LogP contribution in [0.15, 0.2) is 42.5 Å². The molecule has 202 valence electrons. The zero-order valence-electron chi connectivity index (χ0n) is 22.6. The second-order valence-corrected chi connectivity index (χ2v) is 9.96. The molecular formula is C29H36FN5O3. The fourth-order valence-corrected chi connectivity index (χ4v) is 5.14. The van der Waals surface area contributed by atoms with Crippen LogP contribution >= 0.6 is 0 Å². The van der Waals surface area contributed by atoms with E-state index in [0.29, 0.717) is 29.3 Å². The van der Waals surface area contributed by atoms with Crippen molar-refractivity contribution >= 4 is 11.7 Å². The van der Waals surface area contributed by atoms with Crippen molar-refractivity contribution in [3.63, 3.8) is 0 Å². The average Bonchev–Trinajstić information content (AvgIpc) is 3.54. The summed E-state index contributed by atoms with van der Waals surface area (Å²) >= 11 is 0. The van der Waals surface area contributed by atoms with Crippen LogP contribution in [0.4, 0.5) is 10.2 Å². The number of piperazine rings is 1. The molecule has 1 fully saturated rings. The number of anilines is 1. The van der Waals surface area contributed by atoms with Crippen LogP contribution in [0, 0.1) is 12.7 Å². The largest absolute Gasteiger partial charge is 0.454 e. The number of halogens is 1. The van der Waals surface area contributed by atoms with Gasteiger partial charge in [0.1, 0.15) is 11.6 Å². The van der Waals surface area contributed by atoms with Crippen LogP contribution in [-0.4, -0.2) is 71.0 Å². The van der Waals surface area contributed by atoms with E-state index >= 15 is 0 Å². The van der Waals surface area contributed by atoms with Crippen molar-refractivity contribution in [1.82, 2.24) is 19.6 Å². The lowest BCUT2D eigenvalue weighted by molar-refractivity contribution is 0.0671. The molecule has 3 heterocycles. The van der Waals surface area contributed by atoms with Gasteiger partial charge in [-0.3, -0.25) is 4.79 Å². The molecule has 3 aromatic rings. The molecule has 2 aromatic carbocycles. The van der Waals surface area contributed by atoms with Crippen LogP contribution in [0.2, 0.25) is 0 Å². The highest BCUT2D eigenvalue weighted by atomic mass is 19.1. The molecule has 38 heavy (non-hydrogen) atoms. The third-order valence-electron chi connectivity index (χ3n) is 7.66. The van der Waals surface area contributed by atoms with Gasteiger partial charge in [0, 0.05) is 43.3 Å². The molecule has 2 aliphatic rings. The number of benzene rings is 2. The van der Waals surface area contributed by atoms with Crippen molar-refractivity contribution in [2.45, 2.75) is 46.7 Å². The van der Waals surface area contributed by atoms with Crippen LogP contribution in [0.3, 0.4) is 0 Å². The normalized spacial score (nSPS) is 16.1. The summed E-state index contributed by atoms with van der Waals surface area (Å²) in [5.41, 5.74) is 3.04. The van der Waals surface area contributed by atoms with E-state index < -0.39 is 0 Å². The highest BCUT2D eigenvalue weighted by Gasteiger charge is 2.30. The van der Waals surface area contributed by atoms with Gasteiger partial charge in [-0.15, -0.1) is 0 Å². The second kappa shape index (κ2) is 11.0. The number of aryl methyl sites for hydroxylation is 1. The number of carbonyl (C=O) groups is 1. The summed E-state index contributed by atoms with van der Waals surface area (Å²) < 4.78 is 27.0. The van der Waals surface area contributed by atoms with Crippen molar-refractivity contribution in [2.75, 3.05) is 44.4 Å². The van der Waals surface area contributed by atoms with Gasteiger partial charge < -0.3 is 24.2 Å². The summed E-state index contributed by atoms with van der Waals surface area (Å²) in [4.78, 5) is 20.5. The Bertz CT molecular complexity index is 1300. The van der Waals surface area contributed by atoms with Gasteiger partial charge in [-0.05, 0) is 63.2 Å². The number of likely N-dealkylation sites (N-methyl/N-ethyl adjacent to an activating group) is 1. The minimum atomic E-state index is -0.307. The summed E-state index contributed by atoms with van der Waals surface area (Å²) in [7, 11) is 0. The Morgan fingerprint density at radius 1 is 1.08 bits per heavy atom. The Morgan fingerprint density at radius 3 is 2.55 bits per heavy atom. The van der Waals surface area contributed by atoms with Gasteiger partial charge in [-0.2, -0.15) is 5.10 Å². The molecule has 0 spiro atoms. The van der Waals surface area contributed by atoms with Crippen molar-refractivity contribution < 1.29 is 18.7 Å². The molecule has 1 aromatic heterocycles. The van der Waals surface area contributed by atoms with Gasteiger partial charge in [0.2, 0.25) is 6.79 Å². The van der Waals surface area contributed by atoms with E-state index in [1.807, 2.05) is 22.6 Å². The second-order valence-electron chi connectivity index (χ2n) is 9.96. The number of hydrogen-bond acceptors (Lipinski definition) is 6. The molecule has 0 aliphatic carbocycles. The Hall–Kier alpha value is -3.59. The topological polar surface area (TPSA) is 63.1 Å². The fourth-order valence-electron chi connectivity index (χ4n) is 5.14. The lowest BCUT2D eigenvalue weighted by Crippen LogP contribution is -2.47. The average molecular weight is 522 g/mol. The number of nitrogens with zero attached hydrogens (tertiary/aromatic N) is 5. The smallest absolute Gasteiger partial charge is 0.254 e. The van der Waals surface area contributed by atoms with Gasteiger partial charge in [-0.1, -0.05) is 19.9 Å². The van der Waals surface area contributed by atoms with Crippen molar-refractivity contribution in [3.8, 4) is 17.2 Å². The first-order valence-corrected chi connectivity index (χ1v) is 13.4. The van der Waals surface area contributed by atoms with Crippen LogP contribution in [-0.2, 0) is 6.54 Å². The molecule has 9 heteroatoms. The highest BCUT2D eigenvalue weighted by Crippen LogP contribution is 2.34. The maximum absolute atomic E-state index is 14.2. The maximum Gasteiger partial charge on any atom is 0.254 e. The van der Waals surface area contributed by atoms with Gasteiger partial charge in [0.15, 0.2) is 11.5 Å². The fraction of sp³-hybridized carbons (Fsp3) is 0.448. The Kier molecular flexibility index (Phi) is 7.56. The first-order valence-electron chi connectivity index (χ1n) is 13.4. The summed E-state index contributed by atoms with van der Waals surface area (Å²) in [6.07, 6.45) is 0.803. The summed E-state index contributed by atoms with van der Waals surface area (Å²) in [6.45, 7) is 13.4. The number of carbonyl (C=O) groups excluding carboxylic acids is 1. The summed E-state index contributed by atoms with van der Waals surface area (Å²) in [5, 5.41) is 4.87. The monoisotopic (exact) mass is 521 g/mol. The molecular weight excluding hydrogens is 485 g/mol. The van der Waals surface area contributed by atoms with Gasteiger partial charge in [0.05, 0.1) is 17.9 Å². The molecule has 8 nitrogen and oxygen atoms in total. The van der Waals surface area contributed by atoms with E-state index in [0.717, 1.165) is 56.2 Å². The number of ether oxygens (including phenoxy) is 2. The summed E-state index contributed by atoms with van der Waals surface area (Å²) in [6, 6.07) is 11.9. The quantitative estimate of drug-likeness (QED) is 0.431. The van der Waals surface area contributed by atoms with E-state index in [1.54, 1.807) is 24.3 Å². The molecule has 0 N–H and O–H groups in total. The minimum absolute atomic E-state index is 0.00497.